The van der Waals surface area contributed by atoms with E-state index < -0.39 is 5.97 Å². The summed E-state index contributed by atoms with van der Waals surface area (Å²) in [6.45, 7) is 0. The van der Waals surface area contributed by atoms with E-state index in [1.165, 1.54) is 12.3 Å². The minimum absolute atomic E-state index is 0.130. The lowest BCUT2D eigenvalue weighted by Gasteiger charge is -2.09. The lowest BCUT2D eigenvalue weighted by Crippen LogP contribution is -2.03. The fraction of sp³-hybridized carbons (Fsp3) is 0. The Morgan fingerprint density at radius 1 is 1.33 bits per heavy atom. The predicted molar refractivity (Wildman–Crippen MR) is 70.4 cm³/mol. The third kappa shape index (κ3) is 2.80. The van der Waals surface area contributed by atoms with Crippen LogP contribution in [0.3, 0.4) is 0 Å². The van der Waals surface area contributed by atoms with Gasteiger partial charge in [-0.1, -0.05) is 23.7 Å². The molecule has 1 aromatic carbocycles. The van der Waals surface area contributed by atoms with Crippen LogP contribution in [0.4, 0.5) is 0 Å². The Kier molecular flexibility index (Phi) is 3.84. The van der Waals surface area contributed by atoms with Crippen molar-refractivity contribution in [3.8, 4) is 11.5 Å². The maximum Gasteiger partial charge on any atom is 0.358 e. The van der Waals surface area contributed by atoms with Gasteiger partial charge in [0, 0.05) is 10.7 Å². The number of ether oxygens (including phenoxy) is 1. The summed E-state index contributed by atoms with van der Waals surface area (Å²) in [6, 6.07) is 8.33. The van der Waals surface area contributed by atoms with E-state index in [2.05, 4.69) is 20.9 Å². The summed E-state index contributed by atoms with van der Waals surface area (Å²) in [4.78, 5) is 14.8. The number of aromatic nitrogens is 1. The first kappa shape index (κ1) is 12.9. The van der Waals surface area contributed by atoms with Crippen LogP contribution < -0.4 is 4.74 Å². The highest BCUT2D eigenvalue weighted by molar-refractivity contribution is 9.10. The quantitative estimate of drug-likeness (QED) is 0.925. The number of carboxylic acids is 1. The Labute approximate surface area is 116 Å². The van der Waals surface area contributed by atoms with Gasteiger partial charge >= 0.3 is 5.97 Å². The van der Waals surface area contributed by atoms with E-state index in [0.717, 1.165) is 0 Å². The predicted octanol–water partition coefficient (Wildman–Crippen LogP) is 3.99. The largest absolute Gasteiger partial charge is 0.476 e. The van der Waals surface area contributed by atoms with Gasteiger partial charge in [-0.15, -0.1) is 0 Å². The number of halogens is 2. The van der Waals surface area contributed by atoms with E-state index in [4.69, 9.17) is 21.4 Å². The summed E-state index contributed by atoms with van der Waals surface area (Å²) in [7, 11) is 0. The van der Waals surface area contributed by atoms with Gasteiger partial charge in [-0.05, 0) is 34.1 Å². The fourth-order valence-electron chi connectivity index (χ4n) is 1.31. The van der Waals surface area contributed by atoms with E-state index >= 15 is 0 Å². The zero-order chi connectivity index (χ0) is 13.1. The van der Waals surface area contributed by atoms with E-state index in [-0.39, 0.29) is 11.4 Å². The molecule has 0 spiro atoms. The lowest BCUT2D eigenvalue weighted by molar-refractivity contribution is 0.0687. The van der Waals surface area contributed by atoms with Gasteiger partial charge in [-0.25, -0.2) is 9.78 Å². The van der Waals surface area contributed by atoms with Crippen molar-refractivity contribution in [3.63, 3.8) is 0 Å². The number of para-hydroxylation sites is 1. The normalized spacial score (nSPS) is 10.1. The number of benzene rings is 1. The second-order valence-electron chi connectivity index (χ2n) is 3.34. The third-order valence-electron chi connectivity index (χ3n) is 2.08. The van der Waals surface area contributed by atoms with Gasteiger partial charge in [-0.2, -0.15) is 0 Å². The molecule has 0 bridgehead atoms. The van der Waals surface area contributed by atoms with Crippen molar-refractivity contribution in [2.45, 2.75) is 0 Å². The van der Waals surface area contributed by atoms with Crippen LogP contribution in [0.15, 0.2) is 41.0 Å². The van der Waals surface area contributed by atoms with Crippen LogP contribution in [0.2, 0.25) is 5.02 Å². The number of hydrogen-bond donors (Lipinski definition) is 1. The number of carbonyl (C=O) groups is 1. The molecular weight excluding hydrogens is 321 g/mol. The topological polar surface area (TPSA) is 59.4 Å². The van der Waals surface area contributed by atoms with E-state index in [0.29, 0.717) is 15.2 Å². The Balaban J connectivity index is 2.42. The van der Waals surface area contributed by atoms with E-state index in [9.17, 15) is 4.79 Å². The maximum atomic E-state index is 11.0. The van der Waals surface area contributed by atoms with Crippen molar-refractivity contribution < 1.29 is 14.6 Å². The monoisotopic (exact) mass is 327 g/mol. The summed E-state index contributed by atoms with van der Waals surface area (Å²) in [6.07, 6.45) is 1.39. The Morgan fingerprint density at radius 3 is 2.72 bits per heavy atom. The van der Waals surface area contributed by atoms with Gasteiger partial charge < -0.3 is 9.84 Å². The van der Waals surface area contributed by atoms with Crippen LogP contribution >= 0.6 is 27.5 Å². The van der Waals surface area contributed by atoms with E-state index in [1.807, 2.05) is 0 Å². The molecular formula is C12H7BrClNO3. The molecule has 0 aliphatic heterocycles. The number of hydrogen-bond acceptors (Lipinski definition) is 3. The van der Waals surface area contributed by atoms with Crippen molar-refractivity contribution >= 4 is 33.5 Å². The molecule has 2 rings (SSSR count). The highest BCUT2D eigenvalue weighted by Crippen LogP contribution is 2.31. The summed E-state index contributed by atoms with van der Waals surface area (Å²) < 4.78 is 6.10. The van der Waals surface area contributed by atoms with Crippen LogP contribution in [0, 0.1) is 0 Å². The molecule has 0 amide bonds. The molecule has 0 unspecified atom stereocenters. The van der Waals surface area contributed by atoms with Crippen molar-refractivity contribution in [2.75, 3.05) is 0 Å². The molecule has 1 aromatic heterocycles. The zero-order valence-electron chi connectivity index (χ0n) is 8.93. The molecule has 0 fully saturated rings. The van der Waals surface area contributed by atoms with Crippen molar-refractivity contribution in [1.29, 1.82) is 0 Å². The highest BCUT2D eigenvalue weighted by Gasteiger charge is 2.15. The lowest BCUT2D eigenvalue weighted by atomic mass is 10.3. The first-order valence-corrected chi connectivity index (χ1v) is 6.06. The molecule has 4 nitrogen and oxygen atoms in total. The minimum Gasteiger partial charge on any atom is -0.476 e. The van der Waals surface area contributed by atoms with Crippen LogP contribution in [0.25, 0.3) is 0 Å². The molecule has 0 aliphatic rings. The van der Waals surface area contributed by atoms with Gasteiger partial charge in [0.1, 0.15) is 5.75 Å². The molecule has 0 atom stereocenters. The summed E-state index contributed by atoms with van der Waals surface area (Å²) in [5.74, 6) is -0.656. The summed E-state index contributed by atoms with van der Waals surface area (Å²) >= 11 is 9.15. The number of aromatic carboxylic acids is 1. The van der Waals surface area contributed by atoms with Crippen LogP contribution in [0.1, 0.15) is 10.5 Å². The van der Waals surface area contributed by atoms with Crippen LogP contribution in [0.5, 0.6) is 11.5 Å². The van der Waals surface area contributed by atoms with Gasteiger partial charge in [0.25, 0.3) is 0 Å². The zero-order valence-corrected chi connectivity index (χ0v) is 11.3. The number of nitrogens with zero attached hydrogens (tertiary/aromatic N) is 1. The average Bonchev–Trinajstić information content (AvgIpc) is 2.32. The second-order valence-corrected chi connectivity index (χ2v) is 4.66. The van der Waals surface area contributed by atoms with Crippen LogP contribution in [-0.2, 0) is 0 Å². The third-order valence-corrected chi connectivity index (χ3v) is 2.82. The molecule has 0 saturated heterocycles. The number of pyridine rings is 1. The van der Waals surface area contributed by atoms with Gasteiger partial charge in [0.15, 0.2) is 11.4 Å². The van der Waals surface area contributed by atoms with Gasteiger partial charge in [0.05, 0.1) is 5.02 Å². The molecule has 0 aliphatic carbocycles. The molecule has 0 radical (unpaired) electrons. The first-order valence-electron chi connectivity index (χ1n) is 4.89. The number of rotatable bonds is 3. The van der Waals surface area contributed by atoms with Crippen molar-refractivity contribution in [2.24, 2.45) is 0 Å². The highest BCUT2D eigenvalue weighted by atomic mass is 79.9. The van der Waals surface area contributed by atoms with Crippen LogP contribution in [-0.4, -0.2) is 16.1 Å². The van der Waals surface area contributed by atoms with E-state index in [1.54, 1.807) is 24.3 Å². The Bertz CT molecular complexity index is 604. The smallest absolute Gasteiger partial charge is 0.358 e. The van der Waals surface area contributed by atoms with Crippen molar-refractivity contribution in [3.05, 3.63) is 51.7 Å². The van der Waals surface area contributed by atoms with Crippen molar-refractivity contribution in [1.82, 2.24) is 4.98 Å². The first-order chi connectivity index (χ1) is 8.58. The SMILES string of the molecule is O=C(O)c1ncc(Br)cc1Oc1ccccc1Cl. The van der Waals surface area contributed by atoms with Gasteiger partial charge in [-0.3, -0.25) is 0 Å². The molecule has 18 heavy (non-hydrogen) atoms. The molecule has 6 heteroatoms. The second kappa shape index (κ2) is 5.37. The Morgan fingerprint density at radius 2 is 2.06 bits per heavy atom. The summed E-state index contributed by atoms with van der Waals surface area (Å²) in [5, 5.41) is 9.41. The molecule has 2 aromatic rings. The number of carboxylic acid groups (broad SMARTS) is 1. The summed E-state index contributed by atoms with van der Waals surface area (Å²) in [5.41, 5.74) is -0.168. The molecule has 1 N–H and O–H groups in total. The van der Waals surface area contributed by atoms with Gasteiger partial charge in [0.2, 0.25) is 0 Å². The molecule has 92 valence electrons. The average molecular weight is 329 g/mol. The fourth-order valence-corrected chi connectivity index (χ4v) is 1.79. The Hall–Kier alpha value is -1.59. The molecule has 0 saturated carbocycles. The maximum absolute atomic E-state index is 11.0. The standard InChI is InChI=1S/C12H7BrClNO3/c13-7-5-10(11(12(16)17)15-6-7)18-9-4-2-1-3-8(9)14/h1-6H,(H,16,17). The minimum atomic E-state index is -1.16. The molecule has 1 heterocycles.